The van der Waals surface area contributed by atoms with Crippen molar-refractivity contribution in [1.29, 1.82) is 0 Å². The molecule has 4 aromatic rings. The topological polar surface area (TPSA) is 151 Å². The average Bonchev–Trinajstić information content (AvgIpc) is 3.19. The predicted octanol–water partition coefficient (Wildman–Crippen LogP) is 6.48. The number of ketones is 1. The Bertz CT molecular complexity index is 2280. The first-order chi connectivity index (χ1) is 27.1. The van der Waals surface area contributed by atoms with Crippen LogP contribution in [0.25, 0.3) is 11.1 Å². The van der Waals surface area contributed by atoms with Crippen molar-refractivity contribution in [2.45, 2.75) is 41.4 Å². The van der Waals surface area contributed by atoms with Crippen LogP contribution in [-0.4, -0.2) is 87.7 Å². The number of nitrogens with two attached hydrogens (primary N) is 1. The van der Waals surface area contributed by atoms with Crippen LogP contribution >= 0.6 is 23.4 Å². The summed E-state index contributed by atoms with van der Waals surface area (Å²) in [6.45, 7) is 3.89. The molecular formula is C42H46ClFN6O5S2. The number of nitro groups is 1. The number of nitrogens with zero attached hydrogens (tertiary/aromatic N) is 3. The number of Topliss-reactive ketones (excluding diaryl/α,β-unsaturated/α-hetero) is 1. The predicted molar refractivity (Wildman–Crippen MR) is 226 cm³/mol. The molecule has 0 saturated carbocycles. The molecule has 2 aliphatic rings. The fourth-order valence-electron chi connectivity index (χ4n) is 7.60. The second-order valence-electron chi connectivity index (χ2n) is 14.7. The van der Waals surface area contributed by atoms with Gasteiger partial charge in [-0.05, 0) is 111 Å². The third-order valence-electron chi connectivity index (χ3n) is 10.5. The smallest absolute Gasteiger partial charge is 0.261 e. The highest BCUT2D eigenvalue weighted by atomic mass is 35.5. The molecule has 1 aliphatic carbocycles. The molecule has 0 bridgehead atoms. The number of primary sulfonamides is 1. The minimum atomic E-state index is -4.37. The molecule has 3 unspecified atom stereocenters. The summed E-state index contributed by atoms with van der Waals surface area (Å²) < 4.78 is 40.4. The lowest BCUT2D eigenvalue weighted by Gasteiger charge is -2.49. The van der Waals surface area contributed by atoms with Crippen LogP contribution < -0.4 is 20.7 Å². The summed E-state index contributed by atoms with van der Waals surface area (Å²) in [5.74, 6) is -0.613. The van der Waals surface area contributed by atoms with Crippen molar-refractivity contribution in [3.63, 3.8) is 0 Å². The van der Waals surface area contributed by atoms with Gasteiger partial charge in [0.2, 0.25) is 10.0 Å². The maximum Gasteiger partial charge on any atom is 0.261 e. The Kier molecular flexibility index (Phi) is 13.0. The average molecular weight is 833 g/mol. The molecule has 1 saturated heterocycles. The van der Waals surface area contributed by atoms with Crippen LogP contribution in [0.5, 0.6) is 0 Å². The third-order valence-corrected chi connectivity index (χ3v) is 12.9. The maximum absolute atomic E-state index is 15.6. The van der Waals surface area contributed by atoms with E-state index in [4.69, 9.17) is 16.7 Å². The van der Waals surface area contributed by atoms with Gasteiger partial charge in [0.05, 0.1) is 10.4 Å². The number of hydrogen-bond donors (Lipinski definition) is 3. The first-order valence-corrected chi connectivity index (χ1v) is 21.4. The molecule has 6 rings (SSSR count). The molecule has 300 valence electrons. The number of piperazine rings is 1. The van der Waals surface area contributed by atoms with E-state index in [0.717, 1.165) is 22.1 Å². The molecule has 57 heavy (non-hydrogen) atoms. The Morgan fingerprint density at radius 2 is 1.81 bits per heavy atom. The van der Waals surface area contributed by atoms with Gasteiger partial charge in [0, 0.05) is 63.6 Å². The second-order valence-corrected chi connectivity index (χ2v) is 17.8. The molecule has 1 fully saturated rings. The van der Waals surface area contributed by atoms with E-state index in [1.54, 1.807) is 54.2 Å². The van der Waals surface area contributed by atoms with Crippen LogP contribution in [0.15, 0.2) is 125 Å². The van der Waals surface area contributed by atoms with Crippen LogP contribution in [0, 0.1) is 15.9 Å². The molecule has 0 radical (unpaired) electrons. The number of thioether (sulfide) groups is 1. The van der Waals surface area contributed by atoms with Crippen LogP contribution in [0.2, 0.25) is 5.02 Å². The van der Waals surface area contributed by atoms with Gasteiger partial charge in [-0.1, -0.05) is 60.1 Å². The number of carbonyl (C=O) groups excluding carboxylic acids is 1. The number of anilines is 1. The van der Waals surface area contributed by atoms with Gasteiger partial charge in [0.25, 0.3) is 6.04 Å². The summed E-state index contributed by atoms with van der Waals surface area (Å²) in [6, 6.07) is 26.2. The van der Waals surface area contributed by atoms with Crippen LogP contribution in [0.3, 0.4) is 0 Å². The van der Waals surface area contributed by atoms with Crippen molar-refractivity contribution in [2.75, 3.05) is 50.9 Å². The summed E-state index contributed by atoms with van der Waals surface area (Å²) in [5, 5.41) is 26.1. The number of rotatable bonds is 15. The number of allylic oxidation sites excluding steroid dienone is 1. The van der Waals surface area contributed by atoms with Crippen molar-refractivity contribution in [3.8, 4) is 11.1 Å². The highest BCUT2D eigenvalue weighted by Crippen LogP contribution is 2.42. The van der Waals surface area contributed by atoms with E-state index in [9.17, 15) is 18.5 Å². The summed E-state index contributed by atoms with van der Waals surface area (Å²) in [6.07, 6.45) is 3.93. The zero-order chi connectivity index (χ0) is 41.0. The lowest BCUT2D eigenvalue weighted by Crippen LogP contribution is -2.65. The fraction of sp³-hybridized carbons (Fsp3) is 0.310. The minimum absolute atomic E-state index is 0.175. The number of benzene rings is 4. The first kappa shape index (κ1) is 42.2. The van der Waals surface area contributed by atoms with Gasteiger partial charge < -0.3 is 15.1 Å². The van der Waals surface area contributed by atoms with Gasteiger partial charge in [-0.15, -0.1) is 11.8 Å². The molecule has 4 aromatic carbocycles. The van der Waals surface area contributed by atoms with E-state index < -0.39 is 54.6 Å². The Labute approximate surface area is 342 Å². The van der Waals surface area contributed by atoms with Crippen molar-refractivity contribution >= 4 is 44.9 Å². The zero-order valence-electron chi connectivity index (χ0n) is 31.9. The molecule has 0 aromatic heterocycles. The van der Waals surface area contributed by atoms with Crippen molar-refractivity contribution < 1.29 is 22.5 Å². The van der Waals surface area contributed by atoms with Crippen LogP contribution in [0.1, 0.15) is 29.3 Å². The normalized spacial score (nSPS) is 21.6. The van der Waals surface area contributed by atoms with Crippen molar-refractivity contribution in [2.24, 2.45) is 5.14 Å². The zero-order valence-corrected chi connectivity index (χ0v) is 34.3. The second kappa shape index (κ2) is 17.6. The fourth-order valence-corrected chi connectivity index (χ4v) is 9.30. The van der Waals surface area contributed by atoms with E-state index in [1.807, 2.05) is 73.3 Å². The van der Waals surface area contributed by atoms with Gasteiger partial charge in [0.15, 0.2) is 11.3 Å². The molecule has 15 heteroatoms. The first-order valence-electron chi connectivity index (χ1n) is 18.5. The molecular weight excluding hydrogens is 787 g/mol. The van der Waals surface area contributed by atoms with Crippen molar-refractivity contribution in [1.82, 2.24) is 15.5 Å². The molecule has 4 atom stereocenters. The van der Waals surface area contributed by atoms with E-state index in [-0.39, 0.29) is 5.56 Å². The van der Waals surface area contributed by atoms with Gasteiger partial charge >= 0.3 is 0 Å². The third kappa shape index (κ3) is 9.33. The Hall–Kier alpha value is -4.41. The summed E-state index contributed by atoms with van der Waals surface area (Å²) in [4.78, 5) is 32.6. The van der Waals surface area contributed by atoms with Gasteiger partial charge in [0.1, 0.15) is 5.82 Å². The van der Waals surface area contributed by atoms with Gasteiger partial charge in [-0.2, -0.15) is 0 Å². The van der Waals surface area contributed by atoms with E-state index >= 15 is 9.18 Å². The highest BCUT2D eigenvalue weighted by molar-refractivity contribution is 7.99. The quantitative estimate of drug-likeness (QED) is 0.0526. The molecule has 0 amide bonds. The van der Waals surface area contributed by atoms with Crippen LogP contribution in [0.4, 0.5) is 10.1 Å². The van der Waals surface area contributed by atoms with Gasteiger partial charge in [-0.3, -0.25) is 20.2 Å². The monoisotopic (exact) mass is 832 g/mol. The molecule has 11 nitrogen and oxygen atoms in total. The number of halogens is 2. The Balaban J connectivity index is 1.49. The molecule has 4 N–H and O–H groups in total. The number of carbonyl (C=O) groups is 1. The van der Waals surface area contributed by atoms with E-state index in [2.05, 4.69) is 10.6 Å². The summed E-state index contributed by atoms with van der Waals surface area (Å²) >= 11 is 7.77. The SMILES string of the molecule is CN(C)CC[C@H](CSc1ccccc1)NC1(C(=O)c2ccccc2N2CCNCC2(C)c2cc(F)ccc2-c2ccc(Cl)cc2)C=CC(S(N)(=O)=O)=CC1[N+](=O)[O-]. The minimum Gasteiger partial charge on any atom is -0.359 e. The number of nitrogens with one attached hydrogen (secondary N) is 2. The molecule has 1 aliphatic heterocycles. The maximum atomic E-state index is 15.6. The van der Waals surface area contributed by atoms with Gasteiger partial charge in [-0.25, -0.2) is 17.9 Å². The lowest BCUT2D eigenvalue weighted by atomic mass is 9.77. The highest BCUT2D eigenvalue weighted by Gasteiger charge is 2.54. The van der Waals surface area contributed by atoms with E-state index in [0.29, 0.717) is 54.6 Å². The Morgan fingerprint density at radius 1 is 1.11 bits per heavy atom. The largest absolute Gasteiger partial charge is 0.359 e. The van der Waals surface area contributed by atoms with Crippen LogP contribution in [-0.2, 0) is 15.6 Å². The summed E-state index contributed by atoms with van der Waals surface area (Å²) in [5.41, 5.74) is -0.0548. The van der Waals surface area contributed by atoms with Crippen molar-refractivity contribution in [3.05, 3.63) is 152 Å². The molecule has 1 heterocycles. The Morgan fingerprint density at radius 3 is 2.49 bits per heavy atom. The van der Waals surface area contributed by atoms with E-state index in [1.165, 1.54) is 24.3 Å². The number of sulfonamides is 1. The molecule has 0 spiro atoms. The number of hydrogen-bond acceptors (Lipinski definition) is 10. The standard InChI is InChI=1S/C42H46ClFN6O5S2/c1-41(37-25-31(44)17-18-35(37)29-13-15-30(43)16-14-29)28-46-22-24-49(41)38-12-8-7-11-36(38)40(51)42(21-19-34(57(45,54)55)26-39(42)50(52)53)47-32(20-23-48(2)3)27-56-33-9-5-4-6-10-33/h4-19,21,25-26,32,39,46-47H,20,22-24,27-28H2,1-3H3,(H2,45,54,55)/t32-,39?,41?,42?/m1/s1. The summed E-state index contributed by atoms with van der Waals surface area (Å²) in [7, 11) is -0.530. The lowest BCUT2D eigenvalue weighted by molar-refractivity contribution is -0.516. The number of para-hydroxylation sites is 1.